The minimum absolute atomic E-state index is 0.0322. The first-order chi connectivity index (χ1) is 9.72. The van der Waals surface area contributed by atoms with Gasteiger partial charge < -0.3 is 10.1 Å². The van der Waals surface area contributed by atoms with Gasteiger partial charge in [-0.3, -0.25) is 0 Å². The number of hydrogen-bond acceptors (Lipinski definition) is 2. The SMILES string of the molecule is CCNC(C1=CCCCC1)c1ccccc1OC(F)F. The molecule has 1 aliphatic rings. The van der Waals surface area contributed by atoms with E-state index < -0.39 is 6.61 Å². The molecule has 0 spiro atoms. The minimum Gasteiger partial charge on any atom is -0.434 e. The fraction of sp³-hybridized carbons (Fsp3) is 0.500. The van der Waals surface area contributed by atoms with Crippen molar-refractivity contribution in [3.05, 3.63) is 41.5 Å². The highest BCUT2D eigenvalue weighted by Crippen LogP contribution is 2.35. The van der Waals surface area contributed by atoms with Gasteiger partial charge in [0.1, 0.15) is 5.75 Å². The van der Waals surface area contributed by atoms with Gasteiger partial charge in [-0.25, -0.2) is 0 Å². The molecule has 1 unspecified atom stereocenters. The lowest BCUT2D eigenvalue weighted by Crippen LogP contribution is -2.24. The Morgan fingerprint density at radius 1 is 1.25 bits per heavy atom. The van der Waals surface area contributed by atoms with E-state index in [4.69, 9.17) is 0 Å². The molecule has 1 N–H and O–H groups in total. The van der Waals surface area contributed by atoms with Crippen molar-refractivity contribution in [3.63, 3.8) is 0 Å². The molecule has 0 aliphatic heterocycles. The van der Waals surface area contributed by atoms with Crippen LogP contribution in [-0.2, 0) is 0 Å². The van der Waals surface area contributed by atoms with E-state index in [2.05, 4.69) is 16.1 Å². The highest BCUT2D eigenvalue weighted by atomic mass is 19.3. The first-order valence-electron chi connectivity index (χ1n) is 7.18. The maximum Gasteiger partial charge on any atom is 0.387 e. The van der Waals surface area contributed by atoms with Crippen LogP contribution < -0.4 is 10.1 Å². The zero-order valence-corrected chi connectivity index (χ0v) is 11.7. The Balaban J connectivity index is 2.30. The standard InChI is InChI=1S/C16H21F2NO/c1-2-19-15(12-8-4-3-5-9-12)13-10-6-7-11-14(13)20-16(17)18/h6-8,10-11,15-16,19H,2-5,9H2,1H3. The highest BCUT2D eigenvalue weighted by molar-refractivity contribution is 5.40. The van der Waals surface area contributed by atoms with Crippen LogP contribution in [-0.4, -0.2) is 13.2 Å². The number of halogens is 2. The lowest BCUT2D eigenvalue weighted by atomic mass is 9.89. The zero-order chi connectivity index (χ0) is 14.4. The van der Waals surface area contributed by atoms with Crippen molar-refractivity contribution < 1.29 is 13.5 Å². The quantitative estimate of drug-likeness (QED) is 0.778. The van der Waals surface area contributed by atoms with Crippen molar-refractivity contribution in [2.24, 2.45) is 0 Å². The Kier molecular flexibility index (Phi) is 5.53. The second-order valence-corrected chi connectivity index (χ2v) is 4.93. The molecule has 0 fully saturated rings. The van der Waals surface area contributed by atoms with Crippen LogP contribution in [0, 0.1) is 0 Å². The van der Waals surface area contributed by atoms with E-state index in [-0.39, 0.29) is 11.8 Å². The van der Waals surface area contributed by atoms with Gasteiger partial charge in [-0.2, -0.15) is 8.78 Å². The normalized spacial score (nSPS) is 16.9. The Morgan fingerprint density at radius 2 is 2.05 bits per heavy atom. The highest BCUT2D eigenvalue weighted by Gasteiger charge is 2.21. The summed E-state index contributed by atoms with van der Waals surface area (Å²) in [6.45, 7) is 0.0107. The molecule has 1 aromatic rings. The second kappa shape index (κ2) is 7.39. The fourth-order valence-electron chi connectivity index (χ4n) is 2.69. The summed E-state index contributed by atoms with van der Waals surface area (Å²) < 4.78 is 29.7. The predicted octanol–water partition coefficient (Wildman–Crippen LogP) is 4.44. The maximum atomic E-state index is 12.5. The zero-order valence-electron chi connectivity index (χ0n) is 11.7. The number of allylic oxidation sites excluding steroid dienone is 1. The molecule has 4 heteroatoms. The molecular weight excluding hydrogens is 260 g/mol. The van der Waals surface area contributed by atoms with Crippen molar-refractivity contribution in [2.45, 2.75) is 45.3 Å². The van der Waals surface area contributed by atoms with Gasteiger partial charge in [-0.05, 0) is 38.3 Å². The lowest BCUT2D eigenvalue weighted by Gasteiger charge is -2.26. The molecule has 0 saturated heterocycles. The van der Waals surface area contributed by atoms with Gasteiger partial charge in [-0.1, -0.05) is 36.8 Å². The minimum atomic E-state index is -2.79. The van der Waals surface area contributed by atoms with E-state index in [1.807, 2.05) is 19.1 Å². The van der Waals surface area contributed by atoms with Crippen molar-refractivity contribution >= 4 is 0 Å². The van der Waals surface area contributed by atoms with Crippen molar-refractivity contribution in [2.75, 3.05) is 6.54 Å². The molecule has 1 aromatic carbocycles. The number of alkyl halides is 2. The average molecular weight is 281 g/mol. The molecule has 0 saturated carbocycles. The number of nitrogens with one attached hydrogen (secondary N) is 1. The van der Waals surface area contributed by atoms with Crippen LogP contribution in [0.15, 0.2) is 35.9 Å². The van der Waals surface area contributed by atoms with Crippen LogP contribution in [0.5, 0.6) is 5.75 Å². The van der Waals surface area contributed by atoms with Crippen LogP contribution in [0.1, 0.15) is 44.2 Å². The van der Waals surface area contributed by atoms with Gasteiger partial charge in [0, 0.05) is 5.56 Å². The van der Waals surface area contributed by atoms with Crippen molar-refractivity contribution in [3.8, 4) is 5.75 Å². The van der Waals surface area contributed by atoms with E-state index in [9.17, 15) is 8.78 Å². The molecule has 0 amide bonds. The molecular formula is C16H21F2NO. The monoisotopic (exact) mass is 281 g/mol. The predicted molar refractivity (Wildman–Crippen MR) is 76.0 cm³/mol. The van der Waals surface area contributed by atoms with E-state index in [1.54, 1.807) is 12.1 Å². The first-order valence-corrected chi connectivity index (χ1v) is 7.18. The fourth-order valence-corrected chi connectivity index (χ4v) is 2.69. The smallest absolute Gasteiger partial charge is 0.387 e. The average Bonchev–Trinajstić information content (AvgIpc) is 2.46. The molecule has 0 aromatic heterocycles. The molecule has 110 valence electrons. The van der Waals surface area contributed by atoms with Crippen molar-refractivity contribution in [1.29, 1.82) is 0 Å². The van der Waals surface area contributed by atoms with Gasteiger partial charge >= 0.3 is 6.61 Å². The summed E-state index contributed by atoms with van der Waals surface area (Å²) in [6, 6.07) is 7.02. The van der Waals surface area contributed by atoms with Gasteiger partial charge in [0.15, 0.2) is 0 Å². The van der Waals surface area contributed by atoms with Crippen LogP contribution in [0.4, 0.5) is 8.78 Å². The van der Waals surface area contributed by atoms with E-state index in [0.717, 1.165) is 31.4 Å². The third kappa shape index (κ3) is 3.79. The number of benzene rings is 1. The third-order valence-corrected chi connectivity index (χ3v) is 3.55. The summed E-state index contributed by atoms with van der Waals surface area (Å²) in [5, 5.41) is 3.39. The largest absolute Gasteiger partial charge is 0.434 e. The topological polar surface area (TPSA) is 21.3 Å². The summed E-state index contributed by atoms with van der Waals surface area (Å²) in [4.78, 5) is 0. The van der Waals surface area contributed by atoms with Crippen molar-refractivity contribution in [1.82, 2.24) is 5.32 Å². The van der Waals surface area contributed by atoms with Crippen LogP contribution >= 0.6 is 0 Å². The molecule has 1 aliphatic carbocycles. The first kappa shape index (κ1) is 15.0. The summed E-state index contributed by atoms with van der Waals surface area (Å²) >= 11 is 0. The molecule has 2 rings (SSSR count). The molecule has 2 nitrogen and oxygen atoms in total. The Bertz CT molecular complexity index is 460. The molecule has 0 radical (unpaired) electrons. The summed E-state index contributed by atoms with van der Waals surface area (Å²) in [7, 11) is 0. The van der Waals surface area contributed by atoms with Gasteiger partial charge in [0.25, 0.3) is 0 Å². The number of para-hydroxylation sites is 1. The van der Waals surface area contributed by atoms with Gasteiger partial charge in [0.05, 0.1) is 6.04 Å². The van der Waals surface area contributed by atoms with Gasteiger partial charge in [-0.15, -0.1) is 0 Å². The van der Waals surface area contributed by atoms with Gasteiger partial charge in [0.2, 0.25) is 0 Å². The molecule has 20 heavy (non-hydrogen) atoms. The molecule has 0 heterocycles. The number of ether oxygens (including phenoxy) is 1. The summed E-state index contributed by atoms with van der Waals surface area (Å²) in [5.41, 5.74) is 2.08. The summed E-state index contributed by atoms with van der Waals surface area (Å²) in [5.74, 6) is 0.264. The summed E-state index contributed by atoms with van der Waals surface area (Å²) in [6.07, 6.45) is 6.68. The van der Waals surface area contributed by atoms with E-state index in [1.165, 1.54) is 12.0 Å². The maximum absolute atomic E-state index is 12.5. The van der Waals surface area contributed by atoms with E-state index in [0.29, 0.717) is 0 Å². The van der Waals surface area contributed by atoms with Crippen LogP contribution in [0.3, 0.4) is 0 Å². The Hall–Kier alpha value is -1.42. The Labute approximate surface area is 118 Å². The number of hydrogen-bond donors (Lipinski definition) is 1. The number of rotatable bonds is 6. The van der Waals surface area contributed by atoms with E-state index >= 15 is 0 Å². The van der Waals surface area contributed by atoms with Crippen LogP contribution in [0.25, 0.3) is 0 Å². The second-order valence-electron chi connectivity index (χ2n) is 4.93. The molecule has 1 atom stereocenters. The molecule has 0 bridgehead atoms. The Morgan fingerprint density at radius 3 is 2.70 bits per heavy atom. The third-order valence-electron chi connectivity index (χ3n) is 3.55. The lowest BCUT2D eigenvalue weighted by molar-refractivity contribution is -0.0506. The van der Waals surface area contributed by atoms with Crippen LogP contribution in [0.2, 0.25) is 0 Å². The number of likely N-dealkylation sites (N-methyl/N-ethyl adjacent to an activating group) is 1.